The molecule has 1 atom stereocenters. The molecule has 1 aromatic heterocycles. The molecule has 0 aliphatic carbocycles. The second kappa shape index (κ2) is 8.91. The highest BCUT2D eigenvalue weighted by Gasteiger charge is 2.21. The minimum Gasteiger partial charge on any atom is -0.454 e. The molecule has 140 valence electrons. The van der Waals surface area contributed by atoms with Crippen LogP contribution in [0.1, 0.15) is 10.4 Å². The van der Waals surface area contributed by atoms with Crippen LogP contribution in [0.2, 0.25) is 0 Å². The van der Waals surface area contributed by atoms with Gasteiger partial charge >= 0.3 is 6.03 Å². The van der Waals surface area contributed by atoms with Gasteiger partial charge < -0.3 is 25.0 Å². The third-order valence-electron chi connectivity index (χ3n) is 4.40. The molecule has 0 bridgehead atoms. The Hall–Kier alpha value is -2.25. The number of rotatable bonds is 8. The summed E-state index contributed by atoms with van der Waals surface area (Å²) in [4.78, 5) is 15.4. The van der Waals surface area contributed by atoms with Crippen molar-refractivity contribution < 1.29 is 14.3 Å². The lowest BCUT2D eigenvalue weighted by Crippen LogP contribution is -2.45. The molecule has 2 amide bonds. The zero-order chi connectivity index (χ0) is 18.4. The average Bonchev–Trinajstić information content (AvgIpc) is 3.30. The van der Waals surface area contributed by atoms with Crippen molar-refractivity contribution in [3.8, 4) is 11.5 Å². The van der Waals surface area contributed by atoms with Gasteiger partial charge in [-0.15, -0.1) is 11.3 Å². The smallest absolute Gasteiger partial charge is 0.314 e. The number of ether oxygens (including phenoxy) is 2. The summed E-state index contributed by atoms with van der Waals surface area (Å²) in [6.45, 7) is 1.46. The number of urea groups is 1. The van der Waals surface area contributed by atoms with Crippen LogP contribution in [0, 0.1) is 0 Å². The summed E-state index contributed by atoms with van der Waals surface area (Å²) in [6, 6.07) is 10.1. The van der Waals surface area contributed by atoms with Crippen LogP contribution in [-0.2, 0) is 12.8 Å². The van der Waals surface area contributed by atoms with Crippen molar-refractivity contribution in [2.24, 2.45) is 0 Å². The molecule has 0 unspecified atom stereocenters. The van der Waals surface area contributed by atoms with Crippen LogP contribution in [-0.4, -0.2) is 51.0 Å². The van der Waals surface area contributed by atoms with Gasteiger partial charge in [-0.3, -0.25) is 0 Å². The molecular formula is C19H25N3O3S. The molecule has 26 heavy (non-hydrogen) atoms. The molecule has 1 aliphatic heterocycles. The first kappa shape index (κ1) is 18.5. The second-order valence-electron chi connectivity index (χ2n) is 6.44. The van der Waals surface area contributed by atoms with Gasteiger partial charge in [0.25, 0.3) is 0 Å². The van der Waals surface area contributed by atoms with Crippen molar-refractivity contribution in [1.29, 1.82) is 0 Å². The number of hydrogen-bond donors (Lipinski definition) is 2. The van der Waals surface area contributed by atoms with Gasteiger partial charge in [-0.2, -0.15) is 0 Å². The molecule has 3 rings (SSSR count). The number of likely N-dealkylation sites (N-methyl/N-ethyl adjacent to an activating group) is 1. The van der Waals surface area contributed by atoms with Gasteiger partial charge in [0.1, 0.15) is 0 Å². The predicted octanol–water partition coefficient (Wildman–Crippen LogP) is 2.49. The monoisotopic (exact) mass is 375 g/mol. The fraction of sp³-hybridized carbons (Fsp3) is 0.421. The van der Waals surface area contributed by atoms with E-state index in [9.17, 15) is 4.79 Å². The van der Waals surface area contributed by atoms with Crippen LogP contribution in [0.15, 0.2) is 35.7 Å². The van der Waals surface area contributed by atoms with Gasteiger partial charge in [-0.05, 0) is 50.0 Å². The van der Waals surface area contributed by atoms with E-state index in [-0.39, 0.29) is 18.9 Å². The van der Waals surface area contributed by atoms with E-state index in [4.69, 9.17) is 9.47 Å². The first-order valence-corrected chi connectivity index (χ1v) is 9.59. The molecule has 2 heterocycles. The summed E-state index contributed by atoms with van der Waals surface area (Å²) in [5.74, 6) is 1.61. The minimum absolute atomic E-state index is 0.133. The summed E-state index contributed by atoms with van der Waals surface area (Å²) >= 11 is 1.71. The number of para-hydroxylation sites is 1. The fourth-order valence-electron chi connectivity index (χ4n) is 2.87. The van der Waals surface area contributed by atoms with E-state index in [1.807, 2.05) is 43.7 Å². The highest BCUT2D eigenvalue weighted by atomic mass is 32.1. The predicted molar refractivity (Wildman–Crippen MR) is 103 cm³/mol. The van der Waals surface area contributed by atoms with Crippen molar-refractivity contribution >= 4 is 17.4 Å². The maximum Gasteiger partial charge on any atom is 0.314 e. The summed E-state index contributed by atoms with van der Waals surface area (Å²) in [5.41, 5.74) is 1.10. The standard InChI is InChI=1S/C19H25N3O3S/c1-22(2)15(11-14-5-3-7-17-18(14)25-13-24-17)12-21-19(23)20-9-8-16-6-4-10-26-16/h3-7,10,15H,8-9,11-13H2,1-2H3,(H2,20,21,23)/t15-/m0/s1. The van der Waals surface area contributed by atoms with Gasteiger partial charge in [-0.25, -0.2) is 4.79 Å². The molecule has 1 aromatic carbocycles. The highest BCUT2D eigenvalue weighted by molar-refractivity contribution is 7.09. The quantitative estimate of drug-likeness (QED) is 0.744. The molecule has 1 aliphatic rings. The third kappa shape index (κ3) is 4.89. The van der Waals surface area contributed by atoms with Gasteiger partial charge in [0.15, 0.2) is 11.5 Å². The van der Waals surface area contributed by atoms with Crippen LogP contribution >= 0.6 is 11.3 Å². The Bertz CT molecular complexity index is 719. The maximum absolute atomic E-state index is 12.1. The molecule has 0 saturated carbocycles. The zero-order valence-electron chi connectivity index (χ0n) is 15.2. The topological polar surface area (TPSA) is 62.8 Å². The van der Waals surface area contributed by atoms with Crippen molar-refractivity contribution in [3.63, 3.8) is 0 Å². The van der Waals surface area contributed by atoms with Crippen LogP contribution in [0.5, 0.6) is 11.5 Å². The van der Waals surface area contributed by atoms with Gasteiger partial charge in [-0.1, -0.05) is 18.2 Å². The first-order valence-electron chi connectivity index (χ1n) is 8.71. The molecule has 0 fully saturated rings. The maximum atomic E-state index is 12.1. The molecule has 2 aromatic rings. The number of amides is 2. The molecule has 6 nitrogen and oxygen atoms in total. The number of fused-ring (bicyclic) bond motifs is 1. The number of hydrogen-bond acceptors (Lipinski definition) is 5. The van der Waals surface area contributed by atoms with E-state index >= 15 is 0 Å². The minimum atomic E-state index is -0.133. The fourth-order valence-corrected chi connectivity index (χ4v) is 3.58. The average molecular weight is 375 g/mol. The number of carbonyl (C=O) groups is 1. The van der Waals surface area contributed by atoms with Crippen LogP contribution in [0.25, 0.3) is 0 Å². The van der Waals surface area contributed by atoms with E-state index in [1.165, 1.54) is 4.88 Å². The zero-order valence-corrected chi connectivity index (χ0v) is 16.0. The number of nitrogens with zero attached hydrogens (tertiary/aromatic N) is 1. The van der Waals surface area contributed by atoms with Crippen molar-refractivity contribution in [2.75, 3.05) is 34.0 Å². The molecular weight excluding hydrogens is 350 g/mol. The van der Waals surface area contributed by atoms with Crippen LogP contribution in [0.3, 0.4) is 0 Å². The number of nitrogens with one attached hydrogen (secondary N) is 2. The lowest BCUT2D eigenvalue weighted by molar-refractivity contribution is 0.172. The number of benzene rings is 1. The molecule has 2 N–H and O–H groups in total. The van der Waals surface area contributed by atoms with Crippen molar-refractivity contribution in [3.05, 3.63) is 46.2 Å². The molecule has 0 radical (unpaired) electrons. The van der Waals surface area contributed by atoms with E-state index in [1.54, 1.807) is 11.3 Å². The van der Waals surface area contributed by atoms with Gasteiger partial charge in [0.05, 0.1) is 0 Å². The summed E-state index contributed by atoms with van der Waals surface area (Å²) in [6.07, 6.45) is 1.63. The summed E-state index contributed by atoms with van der Waals surface area (Å²) < 4.78 is 11.0. The SMILES string of the molecule is CN(C)[C@H](CNC(=O)NCCc1cccs1)Cc1cccc2c1OCO2. The summed E-state index contributed by atoms with van der Waals surface area (Å²) in [5, 5.41) is 7.93. The Balaban J connectivity index is 1.48. The third-order valence-corrected chi connectivity index (χ3v) is 5.34. The Morgan fingerprint density at radius 2 is 2.12 bits per heavy atom. The van der Waals surface area contributed by atoms with E-state index in [0.29, 0.717) is 13.1 Å². The highest BCUT2D eigenvalue weighted by Crippen LogP contribution is 2.36. The Labute approximate surface area is 158 Å². The first-order chi connectivity index (χ1) is 12.6. The van der Waals surface area contributed by atoms with E-state index < -0.39 is 0 Å². The lowest BCUT2D eigenvalue weighted by Gasteiger charge is -2.25. The second-order valence-corrected chi connectivity index (χ2v) is 7.47. The molecule has 0 saturated heterocycles. The normalized spacial score (nSPS) is 13.7. The van der Waals surface area contributed by atoms with Crippen molar-refractivity contribution in [1.82, 2.24) is 15.5 Å². The van der Waals surface area contributed by atoms with E-state index in [0.717, 1.165) is 29.9 Å². The molecule has 0 spiro atoms. The van der Waals surface area contributed by atoms with Gasteiger partial charge in [0.2, 0.25) is 6.79 Å². The Kier molecular flexibility index (Phi) is 6.35. The lowest BCUT2D eigenvalue weighted by atomic mass is 10.0. The van der Waals surface area contributed by atoms with E-state index in [2.05, 4.69) is 21.6 Å². The van der Waals surface area contributed by atoms with Gasteiger partial charge in [0, 0.05) is 24.0 Å². The number of thiophene rings is 1. The Morgan fingerprint density at radius 3 is 2.88 bits per heavy atom. The molecule has 7 heteroatoms. The summed E-state index contributed by atoms with van der Waals surface area (Å²) in [7, 11) is 4.03. The largest absolute Gasteiger partial charge is 0.454 e. The van der Waals surface area contributed by atoms with Crippen molar-refractivity contribution in [2.45, 2.75) is 18.9 Å². The number of carbonyl (C=O) groups excluding carboxylic acids is 1. The van der Waals surface area contributed by atoms with Crippen LogP contribution < -0.4 is 20.1 Å². The van der Waals surface area contributed by atoms with Crippen LogP contribution in [0.4, 0.5) is 4.79 Å². The Morgan fingerprint density at radius 1 is 1.23 bits per heavy atom.